The van der Waals surface area contributed by atoms with Crippen molar-refractivity contribution < 1.29 is 9.98 Å². The van der Waals surface area contributed by atoms with E-state index in [0.29, 0.717) is 5.02 Å². The summed E-state index contributed by atoms with van der Waals surface area (Å²) in [6.07, 6.45) is 0. The molecule has 15 heavy (non-hydrogen) atoms. The minimum absolute atomic E-state index is 0.0182. The number of rotatable bonds is 1. The van der Waals surface area contributed by atoms with Crippen LogP contribution >= 0.6 is 11.6 Å². The van der Waals surface area contributed by atoms with Crippen LogP contribution in [-0.2, 0) is 0 Å². The van der Waals surface area contributed by atoms with Crippen LogP contribution in [0.15, 0.2) is 18.2 Å². The molecule has 0 aromatic heterocycles. The lowest BCUT2D eigenvalue weighted by Gasteiger charge is -1.96. The maximum absolute atomic E-state index is 5.98. The highest BCUT2D eigenvalue weighted by molar-refractivity contribution is 6.32. The van der Waals surface area contributed by atoms with Crippen LogP contribution in [0, 0.1) is 6.92 Å². The van der Waals surface area contributed by atoms with Crippen molar-refractivity contribution in [3.05, 3.63) is 28.8 Å². The van der Waals surface area contributed by atoms with Gasteiger partial charge in [-0.15, -0.1) is 4.99 Å². The number of hydrogen-bond donors (Lipinski definition) is 5. The highest BCUT2D eigenvalue weighted by Gasteiger charge is 2.10. The number of hydrogen-bond acceptors (Lipinski definition) is 0. The van der Waals surface area contributed by atoms with Crippen molar-refractivity contribution in [1.82, 2.24) is 0 Å². The molecule has 8 N–H and O–H groups in total. The molecule has 0 unspecified atom stereocenters. The van der Waals surface area contributed by atoms with Gasteiger partial charge in [0, 0.05) is 5.56 Å². The largest absolute Gasteiger partial charge is 0.522 e. The molecule has 1 aromatic carbocycles. The van der Waals surface area contributed by atoms with Crippen LogP contribution in [-0.4, -0.2) is 11.9 Å². The van der Waals surface area contributed by atoms with Crippen molar-refractivity contribution >= 4 is 29.2 Å². The quantitative estimate of drug-likeness (QED) is 0.261. The Bertz CT molecular complexity index is 400. The van der Waals surface area contributed by atoms with Gasteiger partial charge in [0.15, 0.2) is 5.69 Å². The topological polar surface area (TPSA) is 106 Å². The first-order valence-electron chi connectivity index (χ1n) is 4.30. The van der Waals surface area contributed by atoms with Gasteiger partial charge in [-0.2, -0.15) is 4.99 Å². The number of para-hydroxylation sites is 1. The van der Waals surface area contributed by atoms with Crippen molar-refractivity contribution in [2.24, 2.45) is 17.2 Å². The SMILES string of the molecule is Cc1cccc(Cl)c1[NH+]=C(N)[NH+]=C(N)N. The summed E-state index contributed by atoms with van der Waals surface area (Å²) >= 11 is 5.98. The van der Waals surface area contributed by atoms with Crippen LogP contribution in [0.1, 0.15) is 5.56 Å². The lowest BCUT2D eigenvalue weighted by molar-refractivity contribution is -0.459. The standard InChI is InChI=1S/C9H12ClN5/c1-5-3-2-4-6(10)7(5)14-9(13)15-8(11)12/h2-4H,1H3,(H6,11,12,13,14,15)/p+2. The molecule has 0 heterocycles. The Balaban J connectivity index is 3.13. The molecule has 0 amide bonds. The summed E-state index contributed by atoms with van der Waals surface area (Å²) in [5.74, 6) is 0.246. The maximum atomic E-state index is 5.98. The van der Waals surface area contributed by atoms with Gasteiger partial charge in [0.2, 0.25) is 0 Å². The lowest BCUT2D eigenvalue weighted by atomic mass is 10.2. The molecule has 0 aliphatic carbocycles. The van der Waals surface area contributed by atoms with Gasteiger partial charge >= 0.3 is 5.96 Å². The number of halogens is 1. The molecule has 5 nitrogen and oxygen atoms in total. The molecule has 0 atom stereocenters. The van der Waals surface area contributed by atoms with E-state index in [4.69, 9.17) is 28.8 Å². The Kier molecular flexibility index (Phi) is 3.51. The second-order valence-electron chi connectivity index (χ2n) is 3.05. The zero-order valence-electron chi connectivity index (χ0n) is 8.34. The van der Waals surface area contributed by atoms with Crippen LogP contribution in [0.25, 0.3) is 0 Å². The predicted molar refractivity (Wildman–Crippen MR) is 60.4 cm³/mol. The summed E-state index contributed by atoms with van der Waals surface area (Å²) in [5, 5.41) is 0.579. The van der Waals surface area contributed by atoms with Crippen LogP contribution in [0.3, 0.4) is 0 Å². The number of benzene rings is 1. The van der Waals surface area contributed by atoms with Gasteiger partial charge < -0.3 is 11.5 Å². The minimum Gasteiger partial charge on any atom is -0.345 e. The molecular weight excluding hydrogens is 214 g/mol. The average Bonchev–Trinajstić information content (AvgIpc) is 2.10. The molecule has 80 valence electrons. The molecule has 0 saturated heterocycles. The Labute approximate surface area is 92.6 Å². The minimum atomic E-state index is 0.0182. The first-order chi connectivity index (χ1) is 7.00. The van der Waals surface area contributed by atoms with E-state index in [1.54, 1.807) is 6.07 Å². The molecule has 0 spiro atoms. The fourth-order valence-corrected chi connectivity index (χ4v) is 1.38. The lowest BCUT2D eigenvalue weighted by Crippen LogP contribution is -2.96. The molecule has 0 saturated carbocycles. The van der Waals surface area contributed by atoms with E-state index in [2.05, 4.69) is 9.98 Å². The van der Waals surface area contributed by atoms with Gasteiger partial charge in [-0.3, -0.25) is 0 Å². The van der Waals surface area contributed by atoms with Crippen molar-refractivity contribution in [3.63, 3.8) is 0 Å². The molecule has 1 rings (SSSR count). The van der Waals surface area contributed by atoms with Crippen molar-refractivity contribution in [2.45, 2.75) is 6.92 Å². The monoisotopic (exact) mass is 227 g/mol. The first kappa shape index (κ1) is 11.3. The van der Waals surface area contributed by atoms with E-state index >= 15 is 0 Å². The van der Waals surface area contributed by atoms with Gasteiger partial charge in [0.1, 0.15) is 0 Å². The van der Waals surface area contributed by atoms with E-state index in [9.17, 15) is 0 Å². The number of aryl methyl sites for hydroxylation is 1. The van der Waals surface area contributed by atoms with E-state index in [1.165, 1.54) is 0 Å². The Morgan fingerprint density at radius 1 is 1.27 bits per heavy atom. The zero-order chi connectivity index (χ0) is 11.4. The maximum Gasteiger partial charge on any atom is 0.522 e. The number of guanidine groups is 2. The van der Waals surface area contributed by atoms with Crippen LogP contribution in [0.5, 0.6) is 0 Å². The third-order valence-electron chi connectivity index (χ3n) is 1.76. The summed E-state index contributed by atoms with van der Waals surface area (Å²) in [5.41, 5.74) is 17.8. The highest BCUT2D eigenvalue weighted by Crippen LogP contribution is 2.19. The fraction of sp³-hybridized carbons (Fsp3) is 0.111. The van der Waals surface area contributed by atoms with Crippen LogP contribution < -0.4 is 27.2 Å². The average molecular weight is 228 g/mol. The molecule has 0 radical (unpaired) electrons. The fourth-order valence-electron chi connectivity index (χ4n) is 1.11. The summed E-state index contributed by atoms with van der Waals surface area (Å²) in [6.45, 7) is 1.91. The number of nitrogens with one attached hydrogen (secondary N) is 2. The van der Waals surface area contributed by atoms with Crippen molar-refractivity contribution in [3.8, 4) is 0 Å². The van der Waals surface area contributed by atoms with E-state index in [1.807, 2.05) is 19.1 Å². The third-order valence-corrected chi connectivity index (χ3v) is 2.08. The van der Waals surface area contributed by atoms with E-state index in [0.717, 1.165) is 11.3 Å². The Morgan fingerprint density at radius 3 is 2.47 bits per heavy atom. The molecule has 0 aliphatic rings. The van der Waals surface area contributed by atoms with Gasteiger partial charge in [0.05, 0.1) is 5.02 Å². The number of nitrogens with two attached hydrogens (primary N) is 3. The van der Waals surface area contributed by atoms with E-state index < -0.39 is 0 Å². The van der Waals surface area contributed by atoms with Crippen molar-refractivity contribution in [2.75, 3.05) is 0 Å². The predicted octanol–water partition coefficient (Wildman–Crippen LogP) is -2.97. The molecule has 0 fully saturated rings. The van der Waals surface area contributed by atoms with Gasteiger partial charge in [-0.1, -0.05) is 23.7 Å². The molecule has 0 bridgehead atoms. The van der Waals surface area contributed by atoms with Gasteiger partial charge in [-0.25, -0.2) is 5.73 Å². The van der Waals surface area contributed by atoms with Gasteiger partial charge in [0.25, 0.3) is 5.96 Å². The second-order valence-corrected chi connectivity index (χ2v) is 3.46. The van der Waals surface area contributed by atoms with Crippen molar-refractivity contribution in [1.29, 1.82) is 0 Å². The Hall–Kier alpha value is -1.75. The normalized spacial score (nSPS) is 11.2. The van der Waals surface area contributed by atoms with Crippen LogP contribution in [0.2, 0.25) is 5.02 Å². The van der Waals surface area contributed by atoms with Crippen LogP contribution in [0.4, 0.5) is 5.69 Å². The second kappa shape index (κ2) is 4.65. The summed E-state index contributed by atoms with van der Waals surface area (Å²) in [4.78, 5) is 5.42. The summed E-state index contributed by atoms with van der Waals surface area (Å²) in [6, 6.07) is 5.53. The zero-order valence-corrected chi connectivity index (χ0v) is 9.10. The van der Waals surface area contributed by atoms with Gasteiger partial charge in [-0.05, 0) is 13.0 Å². The highest BCUT2D eigenvalue weighted by atomic mass is 35.5. The summed E-state index contributed by atoms with van der Waals surface area (Å²) < 4.78 is 0. The molecule has 0 aliphatic heterocycles. The first-order valence-corrected chi connectivity index (χ1v) is 4.68. The molecule has 1 aromatic rings. The summed E-state index contributed by atoms with van der Waals surface area (Å²) in [7, 11) is 0. The third kappa shape index (κ3) is 3.14. The molecular formula is C9H14ClN5+2. The smallest absolute Gasteiger partial charge is 0.345 e. The van der Waals surface area contributed by atoms with E-state index in [-0.39, 0.29) is 11.9 Å². The Morgan fingerprint density at radius 2 is 1.93 bits per heavy atom. The molecule has 6 heteroatoms.